The number of carbonyl (C=O) groups is 2. The highest BCUT2D eigenvalue weighted by atomic mass is 16.2. The van der Waals surface area contributed by atoms with Crippen LogP contribution < -0.4 is 0 Å². The quantitative estimate of drug-likeness (QED) is 0.850. The van der Waals surface area contributed by atoms with Gasteiger partial charge in [-0.1, -0.05) is 30.3 Å². The standard InChI is InChI=1S/C20H25N3O2/c1-15-12-18(16(2)21-15)19(24)14-22-8-10-23(11-9-22)20(25)13-17-6-4-3-5-7-17/h3-7,12,21H,8-11,13-14H2,1-2H3. The molecule has 0 radical (unpaired) electrons. The number of ketones is 1. The van der Waals surface area contributed by atoms with Crippen molar-refractivity contribution in [3.8, 4) is 0 Å². The molecule has 2 aromatic rings. The second-order valence-corrected chi connectivity index (χ2v) is 6.73. The first-order valence-corrected chi connectivity index (χ1v) is 8.76. The van der Waals surface area contributed by atoms with Gasteiger partial charge in [-0.2, -0.15) is 0 Å². The molecular weight excluding hydrogens is 314 g/mol. The molecule has 0 bridgehead atoms. The molecule has 0 saturated carbocycles. The van der Waals surface area contributed by atoms with E-state index in [1.54, 1.807) is 0 Å². The predicted octanol–water partition coefficient (Wildman–Crippen LogP) is 2.20. The van der Waals surface area contributed by atoms with Gasteiger partial charge in [0.05, 0.1) is 13.0 Å². The Morgan fingerprint density at radius 2 is 1.72 bits per heavy atom. The van der Waals surface area contributed by atoms with E-state index in [-0.39, 0.29) is 11.7 Å². The highest BCUT2D eigenvalue weighted by Gasteiger charge is 2.23. The molecule has 0 unspecified atom stereocenters. The van der Waals surface area contributed by atoms with Crippen molar-refractivity contribution in [2.45, 2.75) is 20.3 Å². The largest absolute Gasteiger partial charge is 0.362 e. The zero-order valence-electron chi connectivity index (χ0n) is 14.9. The number of hydrogen-bond acceptors (Lipinski definition) is 3. The fraction of sp³-hybridized carbons (Fsp3) is 0.400. The van der Waals surface area contributed by atoms with Gasteiger partial charge in [-0.25, -0.2) is 0 Å². The van der Waals surface area contributed by atoms with Gasteiger partial charge in [0, 0.05) is 43.1 Å². The number of aromatic nitrogens is 1. The normalized spacial score (nSPS) is 15.4. The van der Waals surface area contributed by atoms with Gasteiger partial charge in [-0.05, 0) is 25.5 Å². The Kier molecular flexibility index (Phi) is 5.34. The molecule has 5 heteroatoms. The Morgan fingerprint density at radius 1 is 1.04 bits per heavy atom. The number of nitrogens with one attached hydrogen (secondary N) is 1. The van der Waals surface area contributed by atoms with Gasteiger partial charge >= 0.3 is 0 Å². The van der Waals surface area contributed by atoms with Crippen LogP contribution in [0.25, 0.3) is 0 Å². The van der Waals surface area contributed by atoms with Crippen LogP contribution >= 0.6 is 0 Å². The number of amides is 1. The summed E-state index contributed by atoms with van der Waals surface area (Å²) in [5, 5.41) is 0. The number of aromatic amines is 1. The van der Waals surface area contributed by atoms with Gasteiger partial charge in [-0.15, -0.1) is 0 Å². The van der Waals surface area contributed by atoms with Crippen molar-refractivity contribution in [1.29, 1.82) is 0 Å². The third-order valence-corrected chi connectivity index (χ3v) is 4.74. The Labute approximate surface area is 148 Å². The summed E-state index contributed by atoms with van der Waals surface area (Å²) in [6.45, 7) is 7.16. The van der Waals surface area contributed by atoms with Crippen LogP contribution in [0.2, 0.25) is 0 Å². The van der Waals surface area contributed by atoms with Crippen LogP contribution in [0, 0.1) is 13.8 Å². The number of aryl methyl sites for hydroxylation is 2. The summed E-state index contributed by atoms with van der Waals surface area (Å²) in [6, 6.07) is 11.7. The van der Waals surface area contributed by atoms with E-state index in [1.807, 2.05) is 55.1 Å². The second kappa shape index (κ2) is 7.66. The van der Waals surface area contributed by atoms with Crippen molar-refractivity contribution in [2.75, 3.05) is 32.7 Å². The van der Waals surface area contributed by atoms with Crippen molar-refractivity contribution in [3.05, 3.63) is 58.9 Å². The van der Waals surface area contributed by atoms with Crippen molar-refractivity contribution < 1.29 is 9.59 Å². The number of carbonyl (C=O) groups excluding carboxylic acids is 2. The number of Topliss-reactive ketones (excluding diaryl/α,β-unsaturated/α-hetero) is 1. The third-order valence-electron chi connectivity index (χ3n) is 4.74. The van der Waals surface area contributed by atoms with E-state index < -0.39 is 0 Å². The molecule has 25 heavy (non-hydrogen) atoms. The molecule has 0 aliphatic carbocycles. The zero-order valence-corrected chi connectivity index (χ0v) is 14.9. The minimum atomic E-state index is 0.144. The first-order valence-electron chi connectivity index (χ1n) is 8.76. The summed E-state index contributed by atoms with van der Waals surface area (Å²) in [4.78, 5) is 32.1. The fourth-order valence-corrected chi connectivity index (χ4v) is 3.34. The number of H-pyrrole nitrogens is 1. The minimum Gasteiger partial charge on any atom is -0.362 e. The molecule has 1 aliphatic rings. The summed E-state index contributed by atoms with van der Waals surface area (Å²) in [5.74, 6) is 0.306. The van der Waals surface area contributed by atoms with Crippen LogP contribution in [-0.4, -0.2) is 59.2 Å². The molecule has 1 N–H and O–H groups in total. The summed E-state index contributed by atoms with van der Waals surface area (Å²) < 4.78 is 0. The van der Waals surface area contributed by atoms with Crippen molar-refractivity contribution in [1.82, 2.24) is 14.8 Å². The van der Waals surface area contributed by atoms with Crippen LogP contribution in [0.15, 0.2) is 36.4 Å². The monoisotopic (exact) mass is 339 g/mol. The van der Waals surface area contributed by atoms with Gasteiger partial charge in [-0.3, -0.25) is 14.5 Å². The zero-order chi connectivity index (χ0) is 17.8. The first kappa shape index (κ1) is 17.4. The van der Waals surface area contributed by atoms with E-state index in [9.17, 15) is 9.59 Å². The maximum absolute atomic E-state index is 12.5. The molecule has 1 amide bonds. The highest BCUT2D eigenvalue weighted by Crippen LogP contribution is 2.12. The molecule has 1 saturated heterocycles. The molecule has 0 spiro atoms. The maximum Gasteiger partial charge on any atom is 0.227 e. The van der Waals surface area contributed by atoms with Crippen molar-refractivity contribution in [3.63, 3.8) is 0 Å². The lowest BCUT2D eigenvalue weighted by molar-refractivity contribution is -0.132. The van der Waals surface area contributed by atoms with Gasteiger partial charge < -0.3 is 9.88 Å². The number of rotatable bonds is 5. The van der Waals surface area contributed by atoms with E-state index >= 15 is 0 Å². The lowest BCUT2D eigenvalue weighted by atomic mass is 10.1. The summed E-state index contributed by atoms with van der Waals surface area (Å²) >= 11 is 0. The molecule has 2 heterocycles. The molecule has 0 atom stereocenters. The molecule has 5 nitrogen and oxygen atoms in total. The molecule has 1 fully saturated rings. The van der Waals surface area contributed by atoms with Crippen LogP contribution in [0.3, 0.4) is 0 Å². The highest BCUT2D eigenvalue weighted by molar-refractivity contribution is 5.98. The molecule has 3 rings (SSSR count). The van der Waals surface area contributed by atoms with Crippen molar-refractivity contribution >= 4 is 11.7 Å². The van der Waals surface area contributed by atoms with E-state index in [4.69, 9.17) is 0 Å². The second-order valence-electron chi connectivity index (χ2n) is 6.73. The fourth-order valence-electron chi connectivity index (χ4n) is 3.34. The number of nitrogens with zero attached hydrogens (tertiary/aromatic N) is 2. The average Bonchev–Trinajstić information content (AvgIpc) is 2.95. The Morgan fingerprint density at radius 3 is 2.32 bits per heavy atom. The summed E-state index contributed by atoms with van der Waals surface area (Å²) in [7, 11) is 0. The van der Waals surface area contributed by atoms with Gasteiger partial charge in [0.25, 0.3) is 0 Å². The first-order chi connectivity index (χ1) is 12.0. The lowest BCUT2D eigenvalue weighted by Crippen LogP contribution is -2.50. The third kappa shape index (κ3) is 4.37. The van der Waals surface area contributed by atoms with Crippen LogP contribution in [0.5, 0.6) is 0 Å². The van der Waals surface area contributed by atoms with Gasteiger partial charge in [0.15, 0.2) is 5.78 Å². The van der Waals surface area contributed by atoms with E-state index in [0.717, 1.165) is 35.6 Å². The Hall–Kier alpha value is -2.40. The van der Waals surface area contributed by atoms with Gasteiger partial charge in [0.2, 0.25) is 5.91 Å². The molecular formula is C20H25N3O2. The van der Waals surface area contributed by atoms with Crippen LogP contribution in [0.4, 0.5) is 0 Å². The Bertz CT molecular complexity index is 744. The molecule has 1 aliphatic heterocycles. The topological polar surface area (TPSA) is 56.4 Å². The number of hydrogen-bond donors (Lipinski definition) is 1. The SMILES string of the molecule is Cc1cc(C(=O)CN2CCN(C(=O)Cc3ccccc3)CC2)c(C)[nH]1. The lowest BCUT2D eigenvalue weighted by Gasteiger charge is -2.34. The predicted molar refractivity (Wildman–Crippen MR) is 97.8 cm³/mol. The van der Waals surface area contributed by atoms with E-state index in [2.05, 4.69) is 9.88 Å². The number of benzene rings is 1. The summed E-state index contributed by atoms with van der Waals surface area (Å²) in [5.41, 5.74) is 3.76. The van der Waals surface area contributed by atoms with E-state index in [0.29, 0.717) is 26.1 Å². The average molecular weight is 339 g/mol. The minimum absolute atomic E-state index is 0.144. The van der Waals surface area contributed by atoms with Crippen LogP contribution in [0.1, 0.15) is 27.3 Å². The van der Waals surface area contributed by atoms with Crippen molar-refractivity contribution in [2.24, 2.45) is 0 Å². The van der Waals surface area contributed by atoms with E-state index in [1.165, 1.54) is 0 Å². The summed E-state index contributed by atoms with van der Waals surface area (Å²) in [6.07, 6.45) is 0.446. The number of piperazine rings is 1. The smallest absolute Gasteiger partial charge is 0.227 e. The molecule has 132 valence electrons. The molecule has 1 aromatic heterocycles. The molecule has 1 aromatic carbocycles. The Balaban J connectivity index is 1.49. The van der Waals surface area contributed by atoms with Gasteiger partial charge in [0.1, 0.15) is 0 Å². The maximum atomic E-state index is 12.5. The van der Waals surface area contributed by atoms with Crippen LogP contribution in [-0.2, 0) is 11.2 Å².